The molecule has 0 N–H and O–H groups in total. The summed E-state index contributed by atoms with van der Waals surface area (Å²) in [5, 5.41) is 0. The van der Waals surface area contributed by atoms with Crippen molar-refractivity contribution in [2.45, 2.75) is 4.90 Å². The molecule has 1 heterocycles. The molecule has 2 aromatic carbocycles. The van der Waals surface area contributed by atoms with Crippen LogP contribution in [0.15, 0.2) is 59.5 Å². The monoisotopic (exact) mass is 360 g/mol. The fraction of sp³-hybridized carbons (Fsp3) is 0.368. The van der Waals surface area contributed by atoms with E-state index >= 15 is 0 Å². The first kappa shape index (κ1) is 17.8. The Morgan fingerprint density at radius 3 is 2.16 bits per heavy atom. The van der Waals surface area contributed by atoms with E-state index in [-0.39, 0.29) is 5.75 Å². The first-order chi connectivity index (χ1) is 12.1. The Bertz CT molecular complexity index is 768. The molecule has 0 saturated carbocycles. The Kier molecular flexibility index (Phi) is 5.60. The van der Waals surface area contributed by atoms with Crippen LogP contribution in [0, 0.1) is 0 Å². The SMILES string of the molecule is COc1ccc(N2CCN(CCS(=O)(=O)c3ccccc3)CC2)cc1. The summed E-state index contributed by atoms with van der Waals surface area (Å²) >= 11 is 0. The van der Waals surface area contributed by atoms with Gasteiger partial charge in [0, 0.05) is 38.4 Å². The average Bonchev–Trinajstić information content (AvgIpc) is 2.68. The van der Waals surface area contributed by atoms with Crippen molar-refractivity contribution < 1.29 is 13.2 Å². The number of hydrogen-bond donors (Lipinski definition) is 0. The van der Waals surface area contributed by atoms with Gasteiger partial charge in [-0.2, -0.15) is 0 Å². The van der Waals surface area contributed by atoms with Gasteiger partial charge in [0.25, 0.3) is 0 Å². The van der Waals surface area contributed by atoms with E-state index in [2.05, 4.69) is 21.9 Å². The van der Waals surface area contributed by atoms with Gasteiger partial charge in [-0.3, -0.25) is 4.90 Å². The summed E-state index contributed by atoms with van der Waals surface area (Å²) in [6.07, 6.45) is 0. The molecule has 0 unspecified atom stereocenters. The van der Waals surface area contributed by atoms with Gasteiger partial charge in [0.2, 0.25) is 0 Å². The number of benzene rings is 2. The van der Waals surface area contributed by atoms with E-state index in [1.165, 1.54) is 5.69 Å². The smallest absolute Gasteiger partial charge is 0.179 e. The van der Waals surface area contributed by atoms with Crippen molar-refractivity contribution in [2.24, 2.45) is 0 Å². The van der Waals surface area contributed by atoms with Gasteiger partial charge >= 0.3 is 0 Å². The highest BCUT2D eigenvalue weighted by Gasteiger charge is 2.20. The molecule has 6 heteroatoms. The zero-order valence-corrected chi connectivity index (χ0v) is 15.3. The first-order valence-electron chi connectivity index (χ1n) is 8.48. The van der Waals surface area contributed by atoms with E-state index < -0.39 is 9.84 Å². The molecule has 3 rings (SSSR count). The fourth-order valence-corrected chi connectivity index (χ4v) is 4.32. The van der Waals surface area contributed by atoms with Gasteiger partial charge in [0.1, 0.15) is 5.75 Å². The van der Waals surface area contributed by atoms with Gasteiger partial charge in [-0.05, 0) is 36.4 Å². The zero-order valence-electron chi connectivity index (χ0n) is 14.5. The maximum Gasteiger partial charge on any atom is 0.179 e. The molecule has 0 atom stereocenters. The largest absolute Gasteiger partial charge is 0.497 e. The van der Waals surface area contributed by atoms with Crippen LogP contribution in [0.1, 0.15) is 0 Å². The van der Waals surface area contributed by atoms with Crippen molar-refractivity contribution in [3.8, 4) is 5.75 Å². The summed E-state index contributed by atoms with van der Waals surface area (Å²) in [6, 6.07) is 16.7. The molecule has 2 aromatic rings. The molecule has 0 aromatic heterocycles. The number of methoxy groups -OCH3 is 1. The third-order valence-corrected chi connectivity index (χ3v) is 6.30. The molecule has 1 aliphatic heterocycles. The third-order valence-electron chi connectivity index (χ3n) is 4.59. The van der Waals surface area contributed by atoms with Crippen molar-refractivity contribution in [3.63, 3.8) is 0 Å². The van der Waals surface area contributed by atoms with E-state index in [0.29, 0.717) is 11.4 Å². The summed E-state index contributed by atoms with van der Waals surface area (Å²) < 4.78 is 29.9. The predicted octanol–water partition coefficient (Wildman–Crippen LogP) is 2.29. The van der Waals surface area contributed by atoms with Crippen LogP contribution in [0.2, 0.25) is 0 Å². The number of piperazine rings is 1. The molecule has 0 radical (unpaired) electrons. The van der Waals surface area contributed by atoms with Gasteiger partial charge in [-0.1, -0.05) is 18.2 Å². The Morgan fingerprint density at radius 2 is 1.56 bits per heavy atom. The van der Waals surface area contributed by atoms with Gasteiger partial charge in [0.05, 0.1) is 17.8 Å². The third kappa shape index (κ3) is 4.52. The summed E-state index contributed by atoms with van der Waals surface area (Å²) in [4.78, 5) is 4.95. The highest BCUT2D eigenvalue weighted by molar-refractivity contribution is 7.91. The van der Waals surface area contributed by atoms with Crippen LogP contribution in [-0.2, 0) is 9.84 Å². The lowest BCUT2D eigenvalue weighted by Crippen LogP contribution is -2.47. The molecule has 0 spiro atoms. The minimum absolute atomic E-state index is 0.166. The maximum atomic E-state index is 12.4. The number of sulfone groups is 1. The zero-order chi connectivity index (χ0) is 17.7. The predicted molar refractivity (Wildman–Crippen MR) is 100 cm³/mol. The second-order valence-corrected chi connectivity index (χ2v) is 8.27. The molecule has 5 nitrogen and oxygen atoms in total. The lowest BCUT2D eigenvalue weighted by Gasteiger charge is -2.36. The van der Waals surface area contributed by atoms with Crippen molar-refractivity contribution in [3.05, 3.63) is 54.6 Å². The Morgan fingerprint density at radius 1 is 0.920 bits per heavy atom. The topological polar surface area (TPSA) is 49.9 Å². The molecule has 0 amide bonds. The lowest BCUT2D eigenvalue weighted by atomic mass is 10.2. The average molecular weight is 360 g/mol. The molecule has 134 valence electrons. The van der Waals surface area contributed by atoms with Gasteiger partial charge in [0.15, 0.2) is 9.84 Å². The molecular formula is C19H24N2O3S. The van der Waals surface area contributed by atoms with Crippen molar-refractivity contribution in [1.29, 1.82) is 0 Å². The fourth-order valence-electron chi connectivity index (χ4n) is 3.02. The van der Waals surface area contributed by atoms with Crippen LogP contribution in [0.5, 0.6) is 5.75 Å². The number of ether oxygens (including phenoxy) is 1. The quantitative estimate of drug-likeness (QED) is 0.791. The highest BCUT2D eigenvalue weighted by Crippen LogP contribution is 2.20. The summed E-state index contributed by atoms with van der Waals surface area (Å²) in [7, 11) is -1.54. The molecule has 0 aliphatic carbocycles. The second-order valence-electron chi connectivity index (χ2n) is 6.16. The van der Waals surface area contributed by atoms with Crippen LogP contribution in [0.3, 0.4) is 0 Å². The maximum absolute atomic E-state index is 12.4. The minimum Gasteiger partial charge on any atom is -0.497 e. The van der Waals surface area contributed by atoms with Gasteiger partial charge in [-0.25, -0.2) is 8.42 Å². The van der Waals surface area contributed by atoms with Gasteiger partial charge < -0.3 is 9.64 Å². The normalized spacial score (nSPS) is 16.0. The van der Waals surface area contributed by atoms with Crippen LogP contribution in [0.4, 0.5) is 5.69 Å². The summed E-state index contributed by atoms with van der Waals surface area (Å²) in [5.74, 6) is 1.02. The number of nitrogens with zero attached hydrogens (tertiary/aromatic N) is 2. The molecule has 0 bridgehead atoms. The Balaban J connectivity index is 1.51. The van der Waals surface area contributed by atoms with E-state index in [1.807, 2.05) is 18.2 Å². The molecular weight excluding hydrogens is 336 g/mol. The molecule has 1 fully saturated rings. The molecule has 25 heavy (non-hydrogen) atoms. The van der Waals surface area contributed by atoms with Crippen LogP contribution in [-0.4, -0.2) is 58.9 Å². The lowest BCUT2D eigenvalue weighted by molar-refractivity contribution is 0.272. The molecule has 1 aliphatic rings. The molecule has 1 saturated heterocycles. The standard InChI is InChI=1S/C19H24N2O3S/c1-24-18-9-7-17(8-10-18)21-13-11-20(12-14-21)15-16-25(22,23)19-5-3-2-4-6-19/h2-10H,11-16H2,1H3. The van der Waals surface area contributed by atoms with Crippen molar-refractivity contribution in [1.82, 2.24) is 4.90 Å². The number of rotatable bonds is 6. The van der Waals surface area contributed by atoms with Crippen LogP contribution in [0.25, 0.3) is 0 Å². The van der Waals surface area contributed by atoms with Crippen molar-refractivity contribution in [2.75, 3.05) is 50.5 Å². The summed E-state index contributed by atoms with van der Waals surface area (Å²) in [6.45, 7) is 4.12. The Labute approximate surface area is 149 Å². The van der Waals surface area contributed by atoms with Crippen molar-refractivity contribution >= 4 is 15.5 Å². The first-order valence-corrected chi connectivity index (χ1v) is 10.1. The minimum atomic E-state index is -3.20. The summed E-state index contributed by atoms with van der Waals surface area (Å²) in [5.41, 5.74) is 1.18. The van der Waals surface area contributed by atoms with E-state index in [4.69, 9.17) is 4.74 Å². The number of anilines is 1. The second kappa shape index (κ2) is 7.89. The number of hydrogen-bond acceptors (Lipinski definition) is 5. The van der Waals surface area contributed by atoms with Gasteiger partial charge in [-0.15, -0.1) is 0 Å². The highest BCUT2D eigenvalue weighted by atomic mass is 32.2. The van der Waals surface area contributed by atoms with Crippen LogP contribution < -0.4 is 9.64 Å². The Hall–Kier alpha value is -2.05. The van der Waals surface area contributed by atoms with E-state index in [9.17, 15) is 8.42 Å². The van der Waals surface area contributed by atoms with E-state index in [0.717, 1.165) is 31.9 Å². The van der Waals surface area contributed by atoms with E-state index in [1.54, 1.807) is 31.4 Å². The van der Waals surface area contributed by atoms with Crippen LogP contribution >= 0.6 is 0 Å².